The van der Waals surface area contributed by atoms with E-state index in [1.165, 1.54) is 6.33 Å². The topological polar surface area (TPSA) is 66.5 Å². The molecule has 2 heterocycles. The minimum atomic E-state index is -0.117. The summed E-state index contributed by atoms with van der Waals surface area (Å²) in [6.45, 7) is 0.580. The van der Waals surface area contributed by atoms with Gasteiger partial charge < -0.3 is 10.3 Å². The predicted molar refractivity (Wildman–Crippen MR) is 75.2 cm³/mol. The molecule has 6 heteroatoms. The van der Waals surface area contributed by atoms with E-state index in [9.17, 15) is 0 Å². The van der Waals surface area contributed by atoms with E-state index in [1.807, 2.05) is 30.3 Å². The smallest absolute Gasteiger partial charge is 0.182 e. The highest BCUT2D eigenvalue weighted by Crippen LogP contribution is 2.21. The predicted octanol–water partition coefficient (Wildman–Crippen LogP) is 2.74. The van der Waals surface area contributed by atoms with Crippen LogP contribution in [0, 0.1) is 0 Å². The molecule has 0 spiro atoms. The van der Waals surface area contributed by atoms with Gasteiger partial charge in [-0.1, -0.05) is 30.3 Å². The van der Waals surface area contributed by atoms with E-state index < -0.39 is 0 Å². The molecule has 5 nitrogen and oxygen atoms in total. The fourth-order valence-electron chi connectivity index (χ4n) is 1.87. The number of hydrogen-bond acceptors (Lipinski definition) is 4. The maximum absolute atomic E-state index is 6.35. The van der Waals surface area contributed by atoms with Crippen molar-refractivity contribution in [3.63, 3.8) is 0 Å². The first-order valence-electron chi connectivity index (χ1n) is 5.91. The van der Waals surface area contributed by atoms with Crippen molar-refractivity contribution in [2.75, 3.05) is 11.9 Å². The van der Waals surface area contributed by atoms with Crippen LogP contribution in [-0.4, -0.2) is 26.5 Å². The van der Waals surface area contributed by atoms with Crippen molar-refractivity contribution in [3.05, 3.63) is 48.5 Å². The van der Waals surface area contributed by atoms with Gasteiger partial charge in [0.2, 0.25) is 0 Å². The van der Waals surface area contributed by atoms with Gasteiger partial charge in [0.1, 0.15) is 11.8 Å². The molecule has 0 amide bonds. The van der Waals surface area contributed by atoms with Crippen LogP contribution in [0.2, 0.25) is 0 Å². The summed E-state index contributed by atoms with van der Waals surface area (Å²) in [4.78, 5) is 15.3. The van der Waals surface area contributed by atoms with Crippen molar-refractivity contribution in [3.8, 4) is 0 Å². The summed E-state index contributed by atoms with van der Waals surface area (Å²) in [6, 6.07) is 9.93. The summed E-state index contributed by atoms with van der Waals surface area (Å²) < 4.78 is 0. The molecule has 3 rings (SSSR count). The lowest BCUT2D eigenvalue weighted by Gasteiger charge is -2.11. The second kappa shape index (κ2) is 5.24. The van der Waals surface area contributed by atoms with Crippen LogP contribution < -0.4 is 5.32 Å². The van der Waals surface area contributed by atoms with Crippen molar-refractivity contribution < 1.29 is 0 Å². The summed E-state index contributed by atoms with van der Waals surface area (Å²) in [5.41, 5.74) is 2.51. The van der Waals surface area contributed by atoms with E-state index in [0.29, 0.717) is 18.0 Å². The van der Waals surface area contributed by atoms with Gasteiger partial charge in [0.25, 0.3) is 0 Å². The normalized spacial score (nSPS) is 12.5. The van der Waals surface area contributed by atoms with E-state index in [4.69, 9.17) is 11.6 Å². The number of fused-ring (bicyclic) bond motifs is 1. The van der Waals surface area contributed by atoms with E-state index >= 15 is 0 Å². The molecule has 2 N–H and O–H groups in total. The van der Waals surface area contributed by atoms with Gasteiger partial charge in [0, 0.05) is 6.54 Å². The summed E-state index contributed by atoms with van der Waals surface area (Å²) in [7, 11) is 0. The number of nitrogens with zero attached hydrogens (tertiary/aromatic N) is 3. The largest absolute Gasteiger partial charge is 0.366 e. The molecule has 3 aromatic rings. The summed E-state index contributed by atoms with van der Waals surface area (Å²) in [5.74, 6) is 0.712. The van der Waals surface area contributed by atoms with Crippen LogP contribution in [0.3, 0.4) is 0 Å². The standard InChI is InChI=1S/C13H12ClN5/c14-10(9-4-2-1-3-5-9)6-15-12-11-13(17-7-16-11)19-8-18-12/h1-5,7-8,10H,6H2,(H2,15,16,17,18,19). The van der Waals surface area contributed by atoms with E-state index in [-0.39, 0.29) is 5.38 Å². The monoisotopic (exact) mass is 273 g/mol. The van der Waals surface area contributed by atoms with Crippen molar-refractivity contribution in [1.29, 1.82) is 0 Å². The van der Waals surface area contributed by atoms with E-state index in [2.05, 4.69) is 25.3 Å². The Labute approximate surface area is 115 Å². The van der Waals surface area contributed by atoms with Crippen molar-refractivity contribution in [2.24, 2.45) is 0 Å². The third-order valence-electron chi connectivity index (χ3n) is 2.83. The second-order valence-electron chi connectivity index (χ2n) is 4.08. The van der Waals surface area contributed by atoms with E-state index in [0.717, 1.165) is 11.1 Å². The van der Waals surface area contributed by atoms with Gasteiger partial charge in [-0.05, 0) is 5.56 Å². The molecule has 1 unspecified atom stereocenters. The average molecular weight is 274 g/mol. The molecule has 0 aliphatic rings. The van der Waals surface area contributed by atoms with Crippen LogP contribution in [-0.2, 0) is 0 Å². The highest BCUT2D eigenvalue weighted by molar-refractivity contribution is 6.21. The molecular formula is C13H12ClN5. The van der Waals surface area contributed by atoms with Gasteiger partial charge in [0.15, 0.2) is 11.5 Å². The Bertz CT molecular complexity index is 667. The van der Waals surface area contributed by atoms with Crippen LogP contribution in [0.25, 0.3) is 11.2 Å². The van der Waals surface area contributed by atoms with Gasteiger partial charge >= 0.3 is 0 Å². The average Bonchev–Trinajstić information content (AvgIpc) is 2.94. The van der Waals surface area contributed by atoms with Crippen molar-refractivity contribution in [1.82, 2.24) is 19.9 Å². The van der Waals surface area contributed by atoms with Gasteiger partial charge in [-0.15, -0.1) is 11.6 Å². The Balaban J connectivity index is 1.74. The molecule has 1 aromatic carbocycles. The molecule has 0 radical (unpaired) electrons. The molecule has 96 valence electrons. The van der Waals surface area contributed by atoms with E-state index in [1.54, 1.807) is 6.33 Å². The van der Waals surface area contributed by atoms with Gasteiger partial charge in [0.05, 0.1) is 11.7 Å². The molecular weight excluding hydrogens is 262 g/mol. The number of aromatic amines is 1. The van der Waals surface area contributed by atoms with Crippen molar-refractivity contribution >= 4 is 28.6 Å². The lowest BCUT2D eigenvalue weighted by molar-refractivity contribution is 0.966. The number of imidazole rings is 1. The second-order valence-corrected chi connectivity index (χ2v) is 4.61. The zero-order valence-corrected chi connectivity index (χ0v) is 10.8. The minimum absolute atomic E-state index is 0.117. The summed E-state index contributed by atoms with van der Waals surface area (Å²) >= 11 is 6.35. The Morgan fingerprint density at radius 2 is 2.00 bits per heavy atom. The van der Waals surface area contributed by atoms with Crippen LogP contribution in [0.5, 0.6) is 0 Å². The van der Waals surface area contributed by atoms with Crippen LogP contribution in [0.4, 0.5) is 5.82 Å². The van der Waals surface area contributed by atoms with Gasteiger partial charge in [-0.2, -0.15) is 0 Å². The summed E-state index contributed by atoms with van der Waals surface area (Å²) in [5, 5.41) is 3.10. The maximum atomic E-state index is 6.35. The Morgan fingerprint density at radius 3 is 2.84 bits per heavy atom. The Hall–Kier alpha value is -2.14. The minimum Gasteiger partial charge on any atom is -0.366 e. The number of hydrogen-bond donors (Lipinski definition) is 2. The lowest BCUT2D eigenvalue weighted by Crippen LogP contribution is -2.09. The van der Waals surface area contributed by atoms with Crippen LogP contribution in [0.1, 0.15) is 10.9 Å². The number of rotatable bonds is 4. The zero-order chi connectivity index (χ0) is 13.1. The van der Waals surface area contributed by atoms with Crippen LogP contribution >= 0.6 is 11.6 Å². The third-order valence-corrected chi connectivity index (χ3v) is 3.24. The fraction of sp³-hybridized carbons (Fsp3) is 0.154. The van der Waals surface area contributed by atoms with Gasteiger partial charge in [-0.3, -0.25) is 0 Å². The highest BCUT2D eigenvalue weighted by atomic mass is 35.5. The van der Waals surface area contributed by atoms with Crippen molar-refractivity contribution in [2.45, 2.75) is 5.38 Å². The number of H-pyrrole nitrogens is 1. The molecule has 0 aliphatic carbocycles. The summed E-state index contributed by atoms with van der Waals surface area (Å²) in [6.07, 6.45) is 3.08. The number of benzene rings is 1. The quantitative estimate of drug-likeness (QED) is 0.718. The third kappa shape index (κ3) is 2.51. The number of nitrogens with one attached hydrogen (secondary N) is 2. The first-order chi connectivity index (χ1) is 9.34. The fourth-order valence-corrected chi connectivity index (χ4v) is 2.09. The van der Waals surface area contributed by atoms with Gasteiger partial charge in [-0.25, -0.2) is 15.0 Å². The SMILES string of the molecule is ClC(CNc1ncnc2nc[nH]c12)c1ccccc1. The molecule has 2 aromatic heterocycles. The molecule has 0 saturated carbocycles. The molecule has 0 fully saturated rings. The first-order valence-corrected chi connectivity index (χ1v) is 6.35. The molecule has 1 atom stereocenters. The number of aromatic nitrogens is 4. The maximum Gasteiger partial charge on any atom is 0.182 e. The number of halogens is 1. The highest BCUT2D eigenvalue weighted by Gasteiger charge is 2.10. The first kappa shape index (κ1) is 11.9. The number of alkyl halides is 1. The molecule has 0 saturated heterocycles. The molecule has 0 bridgehead atoms. The number of anilines is 1. The zero-order valence-electron chi connectivity index (χ0n) is 10.0. The van der Waals surface area contributed by atoms with Crippen LogP contribution in [0.15, 0.2) is 43.0 Å². The molecule has 0 aliphatic heterocycles. The Morgan fingerprint density at radius 1 is 1.16 bits per heavy atom. The lowest BCUT2D eigenvalue weighted by atomic mass is 10.1. The molecule has 19 heavy (non-hydrogen) atoms. The Kier molecular flexibility index (Phi) is 3.29.